The maximum Gasteiger partial charge on any atom is 0.335 e. The first kappa shape index (κ1) is 28.5. The van der Waals surface area contributed by atoms with Crippen LogP contribution in [0.1, 0.15) is 20.7 Å². The summed E-state index contributed by atoms with van der Waals surface area (Å²) < 4.78 is 35.1. The Morgan fingerprint density at radius 1 is 0.615 bits per heavy atom. The number of sulfone groups is 1. The normalized spacial score (nSPS) is 10.6. The van der Waals surface area contributed by atoms with Crippen molar-refractivity contribution in [3.8, 4) is 11.5 Å². The van der Waals surface area contributed by atoms with E-state index in [9.17, 15) is 27.6 Å². The van der Waals surface area contributed by atoms with Crippen molar-refractivity contribution in [2.75, 3.05) is 13.2 Å². The molecule has 0 aliphatic heterocycles. The molecule has 0 aromatic heterocycles. The highest BCUT2D eigenvalue weighted by Gasteiger charge is 2.17. The molecule has 4 aromatic rings. The topological polar surface area (TPSA) is 161 Å². The molecule has 0 heterocycles. The van der Waals surface area contributed by atoms with Crippen molar-refractivity contribution in [1.82, 2.24) is 0 Å². The van der Waals surface area contributed by atoms with Crippen molar-refractivity contribution < 1.29 is 47.3 Å². The summed E-state index contributed by atoms with van der Waals surface area (Å²) in [5, 5.41) is 19.0. The fourth-order valence-corrected chi connectivity index (χ4v) is 4.60. The van der Waals surface area contributed by atoms with Crippen molar-refractivity contribution >= 4 is 45.1 Å². The van der Waals surface area contributed by atoms with Gasteiger partial charge in [-0.05, 0) is 83.6 Å². The lowest BCUT2D eigenvalue weighted by Crippen LogP contribution is -2.03. The summed E-state index contributed by atoms with van der Waals surface area (Å²) in [6, 6.07) is 20.7. The van der Waals surface area contributed by atoms with Gasteiger partial charge in [-0.15, -0.1) is 0 Å². The molecule has 0 spiro atoms. The predicted molar refractivity (Wildman–Crippen MR) is 139 cm³/mol. The zero-order valence-corrected chi connectivity index (χ0v) is 21.0. The van der Waals surface area contributed by atoms with Crippen LogP contribution in [0.3, 0.4) is 0 Å². The monoisotopic (exact) mass is 550 g/mol. The SMILES string of the molecule is O=C(O)c1ccc2cc(C(=O)O)ccc2c1.O=CCOc1ccc(S(=O)(=O)c2ccc(OCC=O)cc2)cc1. The highest BCUT2D eigenvalue weighted by atomic mass is 32.2. The highest BCUT2D eigenvalue weighted by molar-refractivity contribution is 7.91. The van der Waals surface area contributed by atoms with Crippen LogP contribution in [0.15, 0.2) is 94.7 Å². The van der Waals surface area contributed by atoms with E-state index < -0.39 is 21.8 Å². The fraction of sp³-hybridized carbons (Fsp3) is 0.0714. The van der Waals surface area contributed by atoms with Crippen LogP contribution in [0.2, 0.25) is 0 Å². The third-order valence-corrected chi connectivity index (χ3v) is 7.02. The van der Waals surface area contributed by atoms with Crippen LogP contribution in [-0.4, -0.2) is 56.4 Å². The Morgan fingerprint density at radius 3 is 1.28 bits per heavy atom. The lowest BCUT2D eigenvalue weighted by molar-refractivity contribution is -0.110. The number of hydrogen-bond acceptors (Lipinski definition) is 8. The number of fused-ring (bicyclic) bond motifs is 1. The van der Waals surface area contributed by atoms with E-state index in [1.54, 1.807) is 12.1 Å². The van der Waals surface area contributed by atoms with Crippen molar-refractivity contribution in [3.05, 3.63) is 96.1 Å². The molecule has 200 valence electrons. The molecule has 10 nitrogen and oxygen atoms in total. The Kier molecular flexibility index (Phi) is 9.49. The van der Waals surface area contributed by atoms with E-state index in [1.807, 2.05) is 0 Å². The van der Waals surface area contributed by atoms with E-state index in [-0.39, 0.29) is 34.1 Å². The molecule has 4 aromatic carbocycles. The number of aldehydes is 2. The van der Waals surface area contributed by atoms with E-state index in [4.69, 9.17) is 19.7 Å². The summed E-state index contributed by atoms with van der Waals surface area (Å²) in [7, 11) is -3.66. The van der Waals surface area contributed by atoms with Gasteiger partial charge in [-0.25, -0.2) is 18.0 Å². The Bertz CT molecular complexity index is 1480. The molecule has 0 atom stereocenters. The van der Waals surface area contributed by atoms with Crippen LogP contribution in [-0.2, 0) is 19.4 Å². The second-order valence-electron chi connectivity index (χ2n) is 7.79. The Labute approximate surface area is 223 Å². The molecule has 39 heavy (non-hydrogen) atoms. The van der Waals surface area contributed by atoms with Gasteiger partial charge in [0.15, 0.2) is 12.6 Å². The average molecular weight is 551 g/mol. The van der Waals surface area contributed by atoms with Crippen LogP contribution < -0.4 is 9.47 Å². The summed E-state index contributed by atoms with van der Waals surface area (Å²) in [4.78, 5) is 42.1. The molecule has 2 N–H and O–H groups in total. The van der Waals surface area contributed by atoms with Gasteiger partial charge in [0.05, 0.1) is 20.9 Å². The summed E-state index contributed by atoms with van der Waals surface area (Å²) in [6.07, 6.45) is 1.22. The third kappa shape index (κ3) is 7.49. The van der Waals surface area contributed by atoms with Gasteiger partial charge in [0, 0.05) is 0 Å². The van der Waals surface area contributed by atoms with E-state index >= 15 is 0 Å². The molecule has 11 heteroatoms. The first-order valence-electron chi connectivity index (χ1n) is 11.2. The van der Waals surface area contributed by atoms with E-state index in [2.05, 4.69) is 0 Å². The number of carbonyl (C=O) groups excluding carboxylic acids is 2. The molecule has 0 fully saturated rings. The zero-order valence-electron chi connectivity index (χ0n) is 20.2. The van der Waals surface area contributed by atoms with Crippen LogP contribution in [0.25, 0.3) is 10.8 Å². The lowest BCUT2D eigenvalue weighted by Gasteiger charge is -2.07. The first-order valence-corrected chi connectivity index (χ1v) is 12.7. The number of carbonyl (C=O) groups is 4. The Morgan fingerprint density at radius 2 is 0.974 bits per heavy atom. The molecule has 0 aliphatic rings. The number of hydrogen-bond donors (Lipinski definition) is 2. The van der Waals surface area contributed by atoms with E-state index in [1.165, 1.54) is 72.8 Å². The summed E-state index contributed by atoms with van der Waals surface area (Å²) in [5.74, 6) is -1.17. The minimum Gasteiger partial charge on any atom is -0.486 e. The lowest BCUT2D eigenvalue weighted by atomic mass is 10.0. The van der Waals surface area contributed by atoms with Crippen molar-refractivity contribution in [1.29, 1.82) is 0 Å². The predicted octanol–water partition coefficient (Wildman–Crippen LogP) is 3.91. The van der Waals surface area contributed by atoms with Crippen molar-refractivity contribution in [2.24, 2.45) is 0 Å². The van der Waals surface area contributed by atoms with Gasteiger partial charge in [0.2, 0.25) is 9.84 Å². The van der Waals surface area contributed by atoms with Crippen LogP contribution in [0, 0.1) is 0 Å². The van der Waals surface area contributed by atoms with Gasteiger partial charge < -0.3 is 19.7 Å². The standard InChI is InChI=1S/C16H14O6S.C12H8O4/c17-9-11-21-13-1-5-15(6-2-13)23(19,20)16-7-3-14(4-8-16)22-12-10-18;13-11(14)9-3-1-7-5-10(12(15)16)4-2-8(7)6-9/h1-10H,11-12H2;1-6H,(H,13,14)(H,15,16). The summed E-state index contributed by atoms with van der Waals surface area (Å²) in [5.41, 5.74) is 0.381. The molecule has 4 rings (SSSR count). The number of rotatable bonds is 10. The quantitative estimate of drug-likeness (QED) is 0.277. The minimum atomic E-state index is -3.66. The smallest absolute Gasteiger partial charge is 0.335 e. The Hall–Kier alpha value is -5.03. The second kappa shape index (κ2) is 13.0. The van der Waals surface area contributed by atoms with E-state index in [0.717, 1.165) is 0 Å². The molecule has 0 aliphatic carbocycles. The van der Waals surface area contributed by atoms with Crippen LogP contribution >= 0.6 is 0 Å². The largest absolute Gasteiger partial charge is 0.486 e. The van der Waals surface area contributed by atoms with E-state index in [0.29, 0.717) is 34.8 Å². The molecule has 0 radical (unpaired) electrons. The van der Waals surface area contributed by atoms with Gasteiger partial charge in [-0.3, -0.25) is 9.59 Å². The maximum absolute atomic E-state index is 12.5. The van der Waals surface area contributed by atoms with Crippen molar-refractivity contribution in [2.45, 2.75) is 9.79 Å². The molecule has 0 saturated carbocycles. The summed E-state index contributed by atoms with van der Waals surface area (Å²) >= 11 is 0. The van der Waals surface area contributed by atoms with Gasteiger partial charge in [0.1, 0.15) is 24.7 Å². The van der Waals surface area contributed by atoms with Crippen LogP contribution in [0.4, 0.5) is 0 Å². The second-order valence-corrected chi connectivity index (χ2v) is 9.74. The first-order chi connectivity index (χ1) is 18.6. The third-order valence-electron chi connectivity index (χ3n) is 5.24. The molecule has 0 unspecified atom stereocenters. The fourth-order valence-electron chi connectivity index (χ4n) is 3.34. The maximum atomic E-state index is 12.5. The number of carboxylic acids is 2. The molecule has 0 amide bonds. The molecule has 0 bridgehead atoms. The average Bonchev–Trinajstić information content (AvgIpc) is 2.95. The molecular formula is C28H22O10S. The van der Waals surface area contributed by atoms with Gasteiger partial charge in [-0.2, -0.15) is 0 Å². The molecule has 0 saturated heterocycles. The number of benzene rings is 4. The van der Waals surface area contributed by atoms with Gasteiger partial charge in [-0.1, -0.05) is 12.1 Å². The van der Waals surface area contributed by atoms with Crippen LogP contribution in [0.5, 0.6) is 11.5 Å². The number of aromatic carboxylic acids is 2. The summed E-state index contributed by atoms with van der Waals surface area (Å²) in [6.45, 7) is -0.178. The number of ether oxygens (including phenoxy) is 2. The molecular weight excluding hydrogens is 528 g/mol. The van der Waals surface area contributed by atoms with Crippen molar-refractivity contribution in [3.63, 3.8) is 0 Å². The Balaban J connectivity index is 0.000000230. The number of carboxylic acid groups (broad SMARTS) is 2. The van der Waals surface area contributed by atoms with Gasteiger partial charge >= 0.3 is 11.9 Å². The van der Waals surface area contributed by atoms with Gasteiger partial charge in [0.25, 0.3) is 0 Å². The minimum absolute atomic E-state index is 0.0889. The zero-order chi connectivity index (χ0) is 28.4. The highest BCUT2D eigenvalue weighted by Crippen LogP contribution is 2.25.